The van der Waals surface area contributed by atoms with E-state index in [2.05, 4.69) is 28.3 Å². The first-order valence-electron chi connectivity index (χ1n) is 7.75. The average molecular weight is 342 g/mol. The molecule has 5 heteroatoms. The number of hydrogen-bond acceptors (Lipinski definition) is 4. The van der Waals surface area contributed by atoms with Crippen LogP contribution in [0.1, 0.15) is 21.7 Å². The van der Waals surface area contributed by atoms with Crippen LogP contribution in [0.4, 0.5) is 4.39 Å². The van der Waals surface area contributed by atoms with Gasteiger partial charge in [-0.05, 0) is 42.1 Å². The quantitative estimate of drug-likeness (QED) is 0.716. The van der Waals surface area contributed by atoms with Crippen LogP contribution >= 0.6 is 11.3 Å². The summed E-state index contributed by atoms with van der Waals surface area (Å²) in [6.07, 6.45) is 1.77. The molecule has 3 aromatic rings. The summed E-state index contributed by atoms with van der Waals surface area (Å²) in [5.74, 6) is -0.857. The second-order valence-electron chi connectivity index (χ2n) is 5.74. The minimum Gasteiger partial charge on any atom is -0.505 e. The largest absolute Gasteiger partial charge is 0.505 e. The summed E-state index contributed by atoms with van der Waals surface area (Å²) in [6, 6.07) is 12.6. The lowest BCUT2D eigenvalue weighted by atomic mass is 10.1. The molecule has 0 atom stereocenters. The average Bonchev–Trinajstić information content (AvgIpc) is 2.98. The molecule has 3 rings (SSSR count). The number of thiophene rings is 1. The number of rotatable bonds is 6. The van der Waals surface area contributed by atoms with Gasteiger partial charge in [-0.2, -0.15) is 0 Å². The van der Waals surface area contributed by atoms with Gasteiger partial charge in [0.05, 0.1) is 5.69 Å². The van der Waals surface area contributed by atoms with Crippen LogP contribution in [0.15, 0.2) is 54.0 Å². The topological polar surface area (TPSA) is 36.4 Å². The lowest BCUT2D eigenvalue weighted by Crippen LogP contribution is -2.23. The SMILES string of the molecule is Cc1ccsc1CN(Cc1ccccn1)Cc1cccc(F)c1O. The smallest absolute Gasteiger partial charge is 0.165 e. The zero-order valence-corrected chi connectivity index (χ0v) is 14.3. The van der Waals surface area contributed by atoms with Crippen LogP contribution in [-0.4, -0.2) is 15.0 Å². The van der Waals surface area contributed by atoms with Crippen molar-refractivity contribution in [2.24, 2.45) is 0 Å². The van der Waals surface area contributed by atoms with Crippen molar-refractivity contribution in [2.45, 2.75) is 26.6 Å². The summed E-state index contributed by atoms with van der Waals surface area (Å²) in [5.41, 5.74) is 2.78. The Bertz CT molecular complexity index is 804. The Hall–Kier alpha value is -2.24. The van der Waals surface area contributed by atoms with E-state index in [1.54, 1.807) is 29.7 Å². The number of phenolic OH excluding ortho intramolecular Hbond substituents is 1. The highest BCUT2D eigenvalue weighted by Crippen LogP contribution is 2.25. The summed E-state index contributed by atoms with van der Waals surface area (Å²) in [5, 5.41) is 12.1. The maximum atomic E-state index is 13.6. The first kappa shape index (κ1) is 16.6. The van der Waals surface area contributed by atoms with Gasteiger partial charge in [0.2, 0.25) is 0 Å². The molecule has 0 aliphatic heterocycles. The number of pyridine rings is 1. The molecular weight excluding hydrogens is 323 g/mol. The molecule has 0 saturated carbocycles. The van der Waals surface area contributed by atoms with Gasteiger partial charge in [0.15, 0.2) is 11.6 Å². The van der Waals surface area contributed by atoms with Crippen molar-refractivity contribution in [1.82, 2.24) is 9.88 Å². The van der Waals surface area contributed by atoms with Crippen molar-refractivity contribution >= 4 is 11.3 Å². The van der Waals surface area contributed by atoms with Gasteiger partial charge in [-0.25, -0.2) is 4.39 Å². The van der Waals surface area contributed by atoms with Gasteiger partial charge in [0, 0.05) is 36.3 Å². The highest BCUT2D eigenvalue weighted by atomic mass is 32.1. The van der Waals surface area contributed by atoms with E-state index < -0.39 is 5.82 Å². The third-order valence-corrected chi connectivity index (χ3v) is 4.92. The van der Waals surface area contributed by atoms with Gasteiger partial charge >= 0.3 is 0 Å². The summed E-state index contributed by atoms with van der Waals surface area (Å²) >= 11 is 1.71. The highest BCUT2D eigenvalue weighted by molar-refractivity contribution is 7.10. The van der Waals surface area contributed by atoms with Crippen molar-refractivity contribution in [2.75, 3.05) is 0 Å². The number of aromatic hydroxyl groups is 1. The molecule has 0 saturated heterocycles. The van der Waals surface area contributed by atoms with Crippen LogP contribution in [-0.2, 0) is 19.6 Å². The summed E-state index contributed by atoms with van der Waals surface area (Å²) < 4.78 is 13.6. The van der Waals surface area contributed by atoms with Crippen LogP contribution in [0.3, 0.4) is 0 Å². The van der Waals surface area contributed by atoms with Crippen molar-refractivity contribution < 1.29 is 9.50 Å². The van der Waals surface area contributed by atoms with E-state index in [1.807, 2.05) is 18.2 Å². The highest BCUT2D eigenvalue weighted by Gasteiger charge is 2.14. The summed E-state index contributed by atoms with van der Waals surface area (Å²) in [6.45, 7) is 3.91. The van der Waals surface area contributed by atoms with E-state index in [0.717, 1.165) is 12.2 Å². The number of nitrogens with zero attached hydrogens (tertiary/aromatic N) is 2. The molecule has 0 radical (unpaired) electrons. The predicted octanol–water partition coefficient (Wildman–Crippen LogP) is 4.50. The minimum absolute atomic E-state index is 0.272. The lowest BCUT2D eigenvalue weighted by molar-refractivity contribution is 0.242. The Morgan fingerprint density at radius 1 is 1.08 bits per heavy atom. The van der Waals surface area contributed by atoms with Crippen molar-refractivity contribution in [3.05, 3.63) is 81.6 Å². The number of aryl methyl sites for hydroxylation is 1. The zero-order valence-electron chi connectivity index (χ0n) is 13.4. The van der Waals surface area contributed by atoms with Crippen molar-refractivity contribution in [1.29, 1.82) is 0 Å². The number of benzene rings is 1. The molecule has 0 bridgehead atoms. The second kappa shape index (κ2) is 7.55. The second-order valence-corrected chi connectivity index (χ2v) is 6.74. The van der Waals surface area contributed by atoms with Gasteiger partial charge in [-0.1, -0.05) is 18.2 Å². The number of para-hydroxylation sites is 1. The van der Waals surface area contributed by atoms with Gasteiger partial charge in [-0.15, -0.1) is 11.3 Å². The van der Waals surface area contributed by atoms with E-state index in [-0.39, 0.29) is 5.75 Å². The number of aromatic nitrogens is 1. The van der Waals surface area contributed by atoms with Crippen molar-refractivity contribution in [3.8, 4) is 5.75 Å². The Kier molecular flexibility index (Phi) is 5.23. The van der Waals surface area contributed by atoms with Crippen molar-refractivity contribution in [3.63, 3.8) is 0 Å². The zero-order chi connectivity index (χ0) is 16.9. The lowest BCUT2D eigenvalue weighted by Gasteiger charge is -2.22. The van der Waals surface area contributed by atoms with Gasteiger partial charge < -0.3 is 5.11 Å². The molecule has 0 spiro atoms. The summed E-state index contributed by atoms with van der Waals surface area (Å²) in [7, 11) is 0. The molecule has 1 aromatic carbocycles. The maximum Gasteiger partial charge on any atom is 0.165 e. The molecule has 1 N–H and O–H groups in total. The molecule has 0 amide bonds. The fourth-order valence-corrected chi connectivity index (χ4v) is 3.53. The van der Waals surface area contributed by atoms with E-state index in [4.69, 9.17) is 0 Å². The van der Waals surface area contributed by atoms with E-state index in [1.165, 1.54) is 16.5 Å². The monoisotopic (exact) mass is 342 g/mol. The van der Waals surface area contributed by atoms with Crippen LogP contribution in [0.5, 0.6) is 5.75 Å². The molecule has 0 unspecified atom stereocenters. The molecule has 2 heterocycles. The summed E-state index contributed by atoms with van der Waals surface area (Å²) in [4.78, 5) is 7.80. The van der Waals surface area contributed by atoms with Crippen LogP contribution < -0.4 is 0 Å². The standard InChI is InChI=1S/C19H19FN2OS/c1-14-8-10-24-18(14)13-22(12-16-6-2-3-9-21-16)11-15-5-4-7-17(20)19(15)23/h2-10,23H,11-13H2,1H3. The number of halogens is 1. The van der Waals surface area contributed by atoms with E-state index in [9.17, 15) is 9.50 Å². The number of hydrogen-bond donors (Lipinski definition) is 1. The van der Waals surface area contributed by atoms with Crippen LogP contribution in [0.25, 0.3) is 0 Å². The first-order chi connectivity index (χ1) is 11.6. The Morgan fingerprint density at radius 2 is 1.96 bits per heavy atom. The molecule has 0 aliphatic rings. The number of phenols is 1. The molecule has 2 aromatic heterocycles. The third-order valence-electron chi connectivity index (χ3n) is 3.91. The van der Waals surface area contributed by atoms with Gasteiger partial charge in [0.25, 0.3) is 0 Å². The van der Waals surface area contributed by atoms with E-state index >= 15 is 0 Å². The molecule has 3 nitrogen and oxygen atoms in total. The fraction of sp³-hybridized carbons (Fsp3) is 0.211. The minimum atomic E-state index is -0.586. The molecule has 0 fully saturated rings. The normalized spacial score (nSPS) is 11.1. The Balaban J connectivity index is 1.83. The Labute approximate surface area is 145 Å². The van der Waals surface area contributed by atoms with Crippen LogP contribution in [0.2, 0.25) is 0 Å². The predicted molar refractivity (Wildman–Crippen MR) is 94.3 cm³/mol. The maximum absolute atomic E-state index is 13.6. The van der Waals surface area contributed by atoms with Gasteiger partial charge in [0.1, 0.15) is 0 Å². The molecule has 124 valence electrons. The first-order valence-corrected chi connectivity index (χ1v) is 8.63. The molecule has 24 heavy (non-hydrogen) atoms. The van der Waals surface area contributed by atoms with Crippen LogP contribution in [0, 0.1) is 12.7 Å². The fourth-order valence-electron chi connectivity index (χ4n) is 2.59. The molecule has 0 aliphatic carbocycles. The van der Waals surface area contributed by atoms with Gasteiger partial charge in [-0.3, -0.25) is 9.88 Å². The Morgan fingerprint density at radius 3 is 2.67 bits per heavy atom. The third kappa shape index (κ3) is 3.99. The molecular formula is C19H19FN2OS. The van der Waals surface area contributed by atoms with E-state index in [0.29, 0.717) is 18.7 Å².